The number of carbonyl (C=O) groups is 2. The van der Waals surface area contributed by atoms with E-state index in [1.54, 1.807) is 0 Å². The number of hydrogen-bond donors (Lipinski definition) is 3. The molecule has 17 heavy (non-hydrogen) atoms. The molecule has 5 heteroatoms. The molecular weight excluding hydrogens is 218 g/mol. The second kappa shape index (κ2) is 9.59. The number of nitrogens with one attached hydrogen (secondary N) is 2. The van der Waals surface area contributed by atoms with Gasteiger partial charge in [-0.1, -0.05) is 13.2 Å². The van der Waals surface area contributed by atoms with E-state index >= 15 is 0 Å². The average molecular weight is 239 g/mol. The highest BCUT2D eigenvalue weighted by Crippen LogP contribution is 1.99. The van der Waals surface area contributed by atoms with Crippen molar-refractivity contribution in [1.82, 2.24) is 10.6 Å². The Morgan fingerprint density at radius 3 is 2.35 bits per heavy atom. The van der Waals surface area contributed by atoms with Gasteiger partial charge in [0.15, 0.2) is 0 Å². The molecule has 0 saturated heterocycles. The van der Waals surface area contributed by atoms with Gasteiger partial charge in [-0.15, -0.1) is 0 Å². The van der Waals surface area contributed by atoms with Crippen LogP contribution in [0.1, 0.15) is 19.3 Å². The van der Waals surface area contributed by atoms with Crippen molar-refractivity contribution in [1.29, 1.82) is 0 Å². The number of nitrogens with two attached hydrogens (primary N) is 1. The monoisotopic (exact) mass is 239 g/mol. The van der Waals surface area contributed by atoms with Gasteiger partial charge in [-0.05, 0) is 31.4 Å². The first-order valence-electron chi connectivity index (χ1n) is 5.67. The molecule has 0 aliphatic heterocycles. The molecule has 0 fully saturated rings. The van der Waals surface area contributed by atoms with Crippen molar-refractivity contribution < 1.29 is 9.59 Å². The number of carbonyl (C=O) groups excluding carboxylic acids is 2. The van der Waals surface area contributed by atoms with E-state index in [2.05, 4.69) is 23.8 Å². The summed E-state index contributed by atoms with van der Waals surface area (Å²) in [5.41, 5.74) is 5.53. The predicted molar refractivity (Wildman–Crippen MR) is 68.2 cm³/mol. The molecule has 0 heterocycles. The lowest BCUT2D eigenvalue weighted by atomic mass is 10.1. The van der Waals surface area contributed by atoms with Crippen LogP contribution in [0.4, 0.5) is 0 Å². The number of rotatable bonds is 9. The van der Waals surface area contributed by atoms with Crippen LogP contribution >= 0.6 is 0 Å². The van der Waals surface area contributed by atoms with E-state index in [1.807, 2.05) is 0 Å². The molecule has 0 spiro atoms. The summed E-state index contributed by atoms with van der Waals surface area (Å²) in [6, 6.07) is -0.0318. The highest BCUT2D eigenvalue weighted by molar-refractivity contribution is 5.87. The Bertz CT molecular complexity index is 277. The largest absolute Gasteiger partial charge is 0.353 e. The quantitative estimate of drug-likeness (QED) is 0.394. The first-order valence-corrected chi connectivity index (χ1v) is 5.67. The highest BCUT2D eigenvalue weighted by atomic mass is 16.2. The maximum absolute atomic E-state index is 11.0. The summed E-state index contributed by atoms with van der Waals surface area (Å²) < 4.78 is 0. The van der Waals surface area contributed by atoms with Crippen LogP contribution in [-0.4, -0.2) is 30.9 Å². The van der Waals surface area contributed by atoms with E-state index in [0.29, 0.717) is 13.1 Å². The smallest absolute Gasteiger partial charge is 0.243 e. The van der Waals surface area contributed by atoms with Crippen molar-refractivity contribution >= 4 is 11.8 Å². The maximum Gasteiger partial charge on any atom is 0.243 e. The maximum atomic E-state index is 11.0. The van der Waals surface area contributed by atoms with Gasteiger partial charge >= 0.3 is 0 Å². The third kappa shape index (κ3) is 8.21. The molecule has 0 bridgehead atoms. The first kappa shape index (κ1) is 15.4. The van der Waals surface area contributed by atoms with Crippen LogP contribution in [0, 0.1) is 0 Å². The summed E-state index contributed by atoms with van der Waals surface area (Å²) in [6.45, 7) is 7.74. The lowest BCUT2D eigenvalue weighted by Crippen LogP contribution is -2.39. The summed E-state index contributed by atoms with van der Waals surface area (Å²) in [7, 11) is 0. The normalized spacial score (nSPS) is 11.4. The Morgan fingerprint density at radius 1 is 1.18 bits per heavy atom. The van der Waals surface area contributed by atoms with Crippen LogP contribution in [0.25, 0.3) is 0 Å². The second-order valence-corrected chi connectivity index (χ2v) is 3.64. The van der Waals surface area contributed by atoms with Crippen LogP contribution in [0.5, 0.6) is 0 Å². The highest BCUT2D eigenvalue weighted by Gasteiger charge is 2.07. The number of hydrogen-bond acceptors (Lipinski definition) is 3. The van der Waals surface area contributed by atoms with Crippen molar-refractivity contribution in [2.24, 2.45) is 5.73 Å². The predicted octanol–water partition coefficient (Wildman–Crippen LogP) is 0.0884. The molecule has 0 saturated carbocycles. The van der Waals surface area contributed by atoms with Gasteiger partial charge in [-0.2, -0.15) is 0 Å². The molecule has 0 radical (unpaired) electrons. The minimum Gasteiger partial charge on any atom is -0.353 e. The summed E-state index contributed by atoms with van der Waals surface area (Å²) in [5, 5.41) is 5.43. The Morgan fingerprint density at radius 2 is 1.82 bits per heavy atom. The van der Waals surface area contributed by atoms with Crippen LogP contribution in [0.15, 0.2) is 25.3 Å². The number of unbranched alkanes of at least 4 members (excludes halogenated alkanes) is 1. The average Bonchev–Trinajstić information content (AvgIpc) is 2.36. The van der Waals surface area contributed by atoms with Crippen molar-refractivity contribution in [3.63, 3.8) is 0 Å². The van der Waals surface area contributed by atoms with Crippen molar-refractivity contribution in [2.75, 3.05) is 13.1 Å². The van der Waals surface area contributed by atoms with Gasteiger partial charge in [0.2, 0.25) is 11.8 Å². The fraction of sp³-hybridized carbons (Fsp3) is 0.500. The molecule has 0 aromatic rings. The summed E-state index contributed by atoms with van der Waals surface area (Å²) in [6.07, 6.45) is 5.00. The lowest BCUT2D eigenvalue weighted by molar-refractivity contribution is -0.117. The van der Waals surface area contributed by atoms with Gasteiger partial charge in [0.05, 0.1) is 0 Å². The SMILES string of the molecule is C=CC(=O)NCCCCC(CN)NC(=O)C=C. The van der Waals surface area contributed by atoms with Crippen LogP contribution < -0.4 is 16.4 Å². The van der Waals surface area contributed by atoms with Crippen molar-refractivity contribution in [3.05, 3.63) is 25.3 Å². The van der Waals surface area contributed by atoms with Gasteiger partial charge < -0.3 is 16.4 Å². The van der Waals surface area contributed by atoms with Crippen LogP contribution in [-0.2, 0) is 9.59 Å². The van der Waals surface area contributed by atoms with Crippen LogP contribution in [0.3, 0.4) is 0 Å². The van der Waals surface area contributed by atoms with E-state index in [1.165, 1.54) is 12.2 Å². The molecule has 0 aromatic carbocycles. The topological polar surface area (TPSA) is 84.2 Å². The molecule has 0 aromatic heterocycles. The summed E-state index contributed by atoms with van der Waals surface area (Å²) in [4.78, 5) is 21.9. The van der Waals surface area contributed by atoms with Gasteiger partial charge in [-0.25, -0.2) is 0 Å². The molecule has 0 aliphatic rings. The Hall–Kier alpha value is -1.62. The first-order chi connectivity index (χ1) is 8.13. The summed E-state index contributed by atoms with van der Waals surface area (Å²) >= 11 is 0. The minimum absolute atomic E-state index is 0.0318. The second-order valence-electron chi connectivity index (χ2n) is 3.64. The molecular formula is C12H21N3O2. The van der Waals surface area contributed by atoms with Gasteiger partial charge in [0, 0.05) is 19.1 Å². The van der Waals surface area contributed by atoms with Crippen molar-refractivity contribution in [2.45, 2.75) is 25.3 Å². The molecule has 4 N–H and O–H groups in total. The van der Waals surface area contributed by atoms with E-state index in [9.17, 15) is 9.59 Å². The van der Waals surface area contributed by atoms with E-state index in [4.69, 9.17) is 5.73 Å². The third-order valence-electron chi connectivity index (χ3n) is 2.28. The fourth-order valence-electron chi connectivity index (χ4n) is 1.31. The standard InChI is InChI=1S/C12H21N3O2/c1-3-11(16)14-8-6-5-7-10(9-13)15-12(17)4-2/h3-4,10H,1-2,5-9,13H2,(H,14,16)(H,15,17). The van der Waals surface area contributed by atoms with Crippen molar-refractivity contribution in [3.8, 4) is 0 Å². The van der Waals surface area contributed by atoms with Gasteiger partial charge in [-0.3, -0.25) is 9.59 Å². The zero-order valence-electron chi connectivity index (χ0n) is 10.1. The molecule has 0 aliphatic carbocycles. The minimum atomic E-state index is -0.208. The zero-order chi connectivity index (χ0) is 13.1. The molecule has 2 amide bonds. The number of amides is 2. The van der Waals surface area contributed by atoms with Gasteiger partial charge in [0.1, 0.15) is 0 Å². The molecule has 1 unspecified atom stereocenters. The molecule has 0 rings (SSSR count). The van der Waals surface area contributed by atoms with Gasteiger partial charge in [0.25, 0.3) is 0 Å². The van der Waals surface area contributed by atoms with E-state index < -0.39 is 0 Å². The Balaban J connectivity index is 3.62. The summed E-state index contributed by atoms with van der Waals surface area (Å²) in [5.74, 6) is -0.374. The fourth-order valence-corrected chi connectivity index (χ4v) is 1.31. The lowest BCUT2D eigenvalue weighted by Gasteiger charge is -2.15. The third-order valence-corrected chi connectivity index (χ3v) is 2.28. The zero-order valence-corrected chi connectivity index (χ0v) is 10.1. The molecule has 5 nitrogen and oxygen atoms in total. The van der Waals surface area contributed by atoms with E-state index in [-0.39, 0.29) is 17.9 Å². The molecule has 96 valence electrons. The van der Waals surface area contributed by atoms with E-state index in [0.717, 1.165) is 19.3 Å². The van der Waals surface area contributed by atoms with Crippen LogP contribution in [0.2, 0.25) is 0 Å². The Kier molecular flexibility index (Phi) is 8.68. The Labute approximate surface area is 102 Å². The molecule has 1 atom stereocenters.